The molecule has 0 aliphatic heterocycles. The smallest absolute Gasteiger partial charge is 0.160 e. The van der Waals surface area contributed by atoms with Crippen LogP contribution in [0.4, 0.5) is 0 Å². The molecule has 10 aromatic rings. The Hall–Kier alpha value is -7.75. The number of benzene rings is 8. The average Bonchev–Trinajstić information content (AvgIpc) is 3.32. The molecule has 0 aliphatic carbocycles. The van der Waals surface area contributed by atoms with Crippen LogP contribution in [0.15, 0.2) is 224 Å². The lowest BCUT2D eigenvalue weighted by atomic mass is 9.94. The number of aromatic nitrogens is 3. The molecule has 0 saturated carbocycles. The maximum absolute atomic E-state index is 5.31. The Labute approximate surface area is 338 Å². The van der Waals surface area contributed by atoms with Crippen LogP contribution in [-0.4, -0.2) is 15.0 Å². The van der Waals surface area contributed by atoms with Gasteiger partial charge in [-0.3, -0.25) is 0 Å². The normalized spacial score (nSPS) is 11.1. The van der Waals surface area contributed by atoms with E-state index in [2.05, 4.69) is 206 Å². The molecule has 3 nitrogen and oxygen atoms in total. The summed E-state index contributed by atoms with van der Waals surface area (Å²) >= 11 is 0. The predicted molar refractivity (Wildman–Crippen MR) is 241 cm³/mol. The fourth-order valence-electron chi connectivity index (χ4n) is 7.67. The molecular weight excluding hydrogens is 703 g/mol. The third-order valence-corrected chi connectivity index (χ3v) is 10.7. The highest BCUT2D eigenvalue weighted by atomic mass is 14.9. The molecule has 0 spiro atoms. The molecule has 58 heavy (non-hydrogen) atoms. The first kappa shape index (κ1) is 34.7. The fourth-order valence-corrected chi connectivity index (χ4v) is 7.67. The minimum Gasteiger partial charge on any atom is -0.248 e. The van der Waals surface area contributed by atoms with Gasteiger partial charge in [-0.25, -0.2) is 15.0 Å². The molecule has 10 rings (SSSR count). The second-order valence-corrected chi connectivity index (χ2v) is 14.5. The second kappa shape index (κ2) is 15.4. The quantitative estimate of drug-likeness (QED) is 0.156. The maximum Gasteiger partial charge on any atom is 0.160 e. The molecule has 0 radical (unpaired) electrons. The van der Waals surface area contributed by atoms with Crippen molar-refractivity contribution in [3.8, 4) is 89.7 Å². The molecule has 0 saturated heterocycles. The molecule has 272 valence electrons. The summed E-state index contributed by atoms with van der Waals surface area (Å²) in [4.78, 5) is 15.8. The number of nitrogens with zero attached hydrogens (tertiary/aromatic N) is 3. The van der Waals surface area contributed by atoms with Gasteiger partial charge >= 0.3 is 0 Å². The summed E-state index contributed by atoms with van der Waals surface area (Å²) in [5.41, 5.74) is 16.8. The molecule has 0 atom stereocenters. The molecule has 0 amide bonds. The van der Waals surface area contributed by atoms with E-state index in [9.17, 15) is 0 Å². The van der Waals surface area contributed by atoms with Gasteiger partial charge < -0.3 is 0 Å². The van der Waals surface area contributed by atoms with Crippen LogP contribution in [0.5, 0.6) is 0 Å². The summed E-state index contributed by atoms with van der Waals surface area (Å²) in [6, 6.07) is 78.7. The summed E-state index contributed by atoms with van der Waals surface area (Å²) in [6.07, 6.45) is 0. The van der Waals surface area contributed by atoms with Crippen molar-refractivity contribution in [3.63, 3.8) is 0 Å². The van der Waals surface area contributed by atoms with Gasteiger partial charge in [0.1, 0.15) is 0 Å². The molecule has 3 heteroatoms. The van der Waals surface area contributed by atoms with Gasteiger partial charge in [0.2, 0.25) is 0 Å². The monoisotopic (exact) mass is 739 g/mol. The first-order valence-corrected chi connectivity index (χ1v) is 19.6. The number of hydrogen-bond donors (Lipinski definition) is 0. The van der Waals surface area contributed by atoms with E-state index in [0.717, 1.165) is 94.7 Å². The van der Waals surface area contributed by atoms with Gasteiger partial charge in [-0.1, -0.05) is 182 Å². The zero-order valence-corrected chi connectivity index (χ0v) is 31.7. The van der Waals surface area contributed by atoms with Crippen molar-refractivity contribution in [2.24, 2.45) is 0 Å². The topological polar surface area (TPSA) is 38.7 Å². The van der Waals surface area contributed by atoms with E-state index in [4.69, 9.17) is 15.0 Å². The van der Waals surface area contributed by atoms with Crippen LogP contribution >= 0.6 is 0 Å². The van der Waals surface area contributed by atoms with Crippen molar-refractivity contribution in [2.75, 3.05) is 0 Å². The second-order valence-electron chi connectivity index (χ2n) is 14.5. The fraction of sp³-hybridized carbons (Fsp3) is 0. The molecule has 0 unspecified atom stereocenters. The number of hydrogen-bond acceptors (Lipinski definition) is 3. The molecule has 2 heterocycles. The van der Waals surface area contributed by atoms with Crippen molar-refractivity contribution in [1.82, 2.24) is 15.0 Å². The van der Waals surface area contributed by atoms with E-state index in [1.54, 1.807) is 0 Å². The highest BCUT2D eigenvalue weighted by molar-refractivity contribution is 5.96. The van der Waals surface area contributed by atoms with Crippen LogP contribution in [-0.2, 0) is 0 Å². The van der Waals surface area contributed by atoms with Gasteiger partial charge in [-0.05, 0) is 87.0 Å². The molecular formula is C55H37N3. The van der Waals surface area contributed by atoms with Gasteiger partial charge in [-0.15, -0.1) is 0 Å². The predicted octanol–water partition coefficient (Wildman–Crippen LogP) is 14.4. The summed E-state index contributed by atoms with van der Waals surface area (Å²) in [5, 5.41) is 1.02. The van der Waals surface area contributed by atoms with Crippen molar-refractivity contribution < 1.29 is 0 Å². The summed E-state index contributed by atoms with van der Waals surface area (Å²) in [5.74, 6) is 0.683. The van der Waals surface area contributed by atoms with E-state index in [1.807, 2.05) is 18.2 Å². The van der Waals surface area contributed by atoms with Crippen molar-refractivity contribution in [3.05, 3.63) is 224 Å². The van der Waals surface area contributed by atoms with Crippen LogP contribution < -0.4 is 0 Å². The molecule has 2 aromatic heterocycles. The van der Waals surface area contributed by atoms with Crippen molar-refractivity contribution >= 4 is 10.9 Å². The summed E-state index contributed by atoms with van der Waals surface area (Å²) in [7, 11) is 0. The minimum absolute atomic E-state index is 0.683. The molecule has 0 N–H and O–H groups in total. The Balaban J connectivity index is 1.10. The number of pyridine rings is 1. The van der Waals surface area contributed by atoms with Crippen LogP contribution in [0.1, 0.15) is 0 Å². The van der Waals surface area contributed by atoms with Gasteiger partial charge in [0, 0.05) is 27.6 Å². The lowest BCUT2D eigenvalue weighted by Gasteiger charge is -2.14. The van der Waals surface area contributed by atoms with Crippen LogP contribution in [0.3, 0.4) is 0 Å². The Morgan fingerprint density at radius 1 is 0.224 bits per heavy atom. The van der Waals surface area contributed by atoms with E-state index < -0.39 is 0 Å². The first-order chi connectivity index (χ1) is 28.7. The maximum atomic E-state index is 5.31. The van der Waals surface area contributed by atoms with Crippen molar-refractivity contribution in [1.29, 1.82) is 0 Å². The standard InChI is InChI=1S/C55H37N3/c1-6-16-38(17-7-1)45-30-31-50-53(35-45)57-55(58-54(50)44-24-14-5-15-25-44)49-33-46(39-18-8-2-9-19-39)32-47(34-49)41-26-28-43(29-27-41)52-37-48(40-20-10-3-11-21-40)36-51(56-52)42-22-12-4-13-23-42/h1-37H. The lowest BCUT2D eigenvalue weighted by Crippen LogP contribution is -1.97. The average molecular weight is 740 g/mol. The highest BCUT2D eigenvalue weighted by Crippen LogP contribution is 2.37. The molecule has 0 fully saturated rings. The zero-order chi connectivity index (χ0) is 38.7. The third kappa shape index (κ3) is 7.09. The van der Waals surface area contributed by atoms with E-state index in [1.165, 1.54) is 0 Å². The van der Waals surface area contributed by atoms with Crippen LogP contribution in [0.2, 0.25) is 0 Å². The SMILES string of the molecule is c1ccc(-c2cc(-c3ccc(-c4cc(-c5ccccc5)cc(-c5ccccc5)n4)cc3)cc(-c3nc(-c4ccccc4)c4ccc(-c5ccccc5)cc4n3)c2)cc1. The van der Waals surface area contributed by atoms with Gasteiger partial charge in [0.05, 0.1) is 22.6 Å². The Morgan fingerprint density at radius 3 is 1.14 bits per heavy atom. The van der Waals surface area contributed by atoms with E-state index in [0.29, 0.717) is 5.82 Å². The first-order valence-electron chi connectivity index (χ1n) is 19.6. The van der Waals surface area contributed by atoms with Gasteiger partial charge in [-0.2, -0.15) is 0 Å². The lowest BCUT2D eigenvalue weighted by molar-refractivity contribution is 1.23. The summed E-state index contributed by atoms with van der Waals surface area (Å²) < 4.78 is 0. The third-order valence-electron chi connectivity index (χ3n) is 10.7. The summed E-state index contributed by atoms with van der Waals surface area (Å²) in [6.45, 7) is 0. The van der Waals surface area contributed by atoms with E-state index >= 15 is 0 Å². The van der Waals surface area contributed by atoms with Crippen LogP contribution in [0.25, 0.3) is 101 Å². The number of rotatable bonds is 8. The van der Waals surface area contributed by atoms with Crippen molar-refractivity contribution in [2.45, 2.75) is 0 Å². The van der Waals surface area contributed by atoms with Gasteiger partial charge in [0.15, 0.2) is 5.82 Å². The Bertz CT molecular complexity index is 2940. The largest absolute Gasteiger partial charge is 0.248 e. The highest BCUT2D eigenvalue weighted by Gasteiger charge is 2.16. The minimum atomic E-state index is 0.683. The van der Waals surface area contributed by atoms with Crippen LogP contribution in [0, 0.1) is 0 Å². The Morgan fingerprint density at radius 2 is 0.603 bits per heavy atom. The molecule has 8 aromatic carbocycles. The van der Waals surface area contributed by atoms with E-state index in [-0.39, 0.29) is 0 Å². The zero-order valence-electron chi connectivity index (χ0n) is 31.7. The van der Waals surface area contributed by atoms with Gasteiger partial charge in [0.25, 0.3) is 0 Å². The Kier molecular flexibility index (Phi) is 9.23. The number of fused-ring (bicyclic) bond motifs is 1. The molecule has 0 bridgehead atoms. The molecule has 0 aliphatic rings.